The Morgan fingerprint density at radius 3 is 2.61 bits per heavy atom. The molecule has 0 bridgehead atoms. The number of nitrogens with two attached hydrogens (primary N) is 1. The van der Waals surface area contributed by atoms with Gasteiger partial charge in [-0.15, -0.1) is 0 Å². The molecule has 6 atom stereocenters. The lowest BCUT2D eigenvalue weighted by Crippen LogP contribution is -2.65. The lowest BCUT2D eigenvalue weighted by Gasteiger charge is -2.42. The van der Waals surface area contributed by atoms with E-state index in [0.717, 1.165) is 4.90 Å². The summed E-state index contributed by atoms with van der Waals surface area (Å²) in [5.74, 6) is -0.489. The van der Waals surface area contributed by atoms with Crippen molar-refractivity contribution in [1.82, 2.24) is 20.4 Å². The first-order chi connectivity index (χ1) is 16.6. The van der Waals surface area contributed by atoms with Crippen LogP contribution in [0.15, 0.2) is 12.3 Å². The molecule has 2 aliphatic rings. The molecule has 1 saturated heterocycles. The third kappa shape index (κ3) is 6.69. The maximum absolute atomic E-state index is 13.2. The van der Waals surface area contributed by atoms with Crippen LogP contribution < -0.4 is 16.2 Å². The summed E-state index contributed by atoms with van der Waals surface area (Å²) in [5, 5.41) is 25.3. The van der Waals surface area contributed by atoms with Crippen molar-refractivity contribution in [3.05, 3.63) is 12.3 Å². The number of nitrogens with one attached hydrogen (secondary N) is 2. The van der Waals surface area contributed by atoms with Crippen LogP contribution in [0.4, 0.5) is 4.79 Å². The van der Waals surface area contributed by atoms with Crippen LogP contribution in [0.1, 0.15) is 47.5 Å². The molecule has 0 aliphatic carbocycles. The van der Waals surface area contributed by atoms with Gasteiger partial charge in [-0.1, -0.05) is 0 Å². The Hall–Kier alpha value is -1.92. The summed E-state index contributed by atoms with van der Waals surface area (Å²) in [6.45, 7) is 7.88. The van der Waals surface area contributed by atoms with Crippen molar-refractivity contribution >= 4 is 19.6 Å². The number of nitrogens with zero attached hydrogens (tertiary/aromatic N) is 3. The number of hydrogen-bond donors (Lipinski definition) is 5. The van der Waals surface area contributed by atoms with Gasteiger partial charge in [0.1, 0.15) is 18.3 Å². The van der Waals surface area contributed by atoms with Crippen molar-refractivity contribution in [2.45, 2.75) is 89.2 Å². The predicted octanol–water partition coefficient (Wildman–Crippen LogP) is 0.284. The number of hydrazine groups is 1. The molecule has 0 saturated carbocycles. The van der Waals surface area contributed by atoms with Crippen LogP contribution in [0.2, 0.25) is 0 Å². The summed E-state index contributed by atoms with van der Waals surface area (Å²) in [6, 6.07) is 1.05. The SMILES string of the molecule is CO[C@@H]1[C@H](OP(=O)(O)NN(C(C)C)C(C)(C)CCC#N)[C@@H](CO)O[C@H]1N1C=CC(N)(C(C)=O)NC1=O. The molecule has 1 fully saturated rings. The molecule has 15 heteroatoms. The van der Waals surface area contributed by atoms with E-state index >= 15 is 0 Å². The summed E-state index contributed by atoms with van der Waals surface area (Å²) in [5.41, 5.74) is 3.52. The summed E-state index contributed by atoms with van der Waals surface area (Å²) in [7, 11) is -3.28. The average molecular weight is 533 g/mol. The number of urea groups is 1. The van der Waals surface area contributed by atoms with Gasteiger partial charge in [-0.3, -0.25) is 20.0 Å². The highest BCUT2D eigenvalue weighted by Gasteiger charge is 2.53. The van der Waals surface area contributed by atoms with Crippen LogP contribution in [0, 0.1) is 11.3 Å². The molecule has 0 aromatic rings. The van der Waals surface area contributed by atoms with E-state index < -0.39 is 61.9 Å². The number of ether oxygens (including phenoxy) is 2. The molecule has 2 rings (SSSR count). The first-order valence-electron chi connectivity index (χ1n) is 11.5. The van der Waals surface area contributed by atoms with Gasteiger partial charge in [-0.2, -0.15) is 10.5 Å². The van der Waals surface area contributed by atoms with E-state index in [1.165, 1.54) is 31.3 Å². The van der Waals surface area contributed by atoms with Crippen LogP contribution in [-0.2, 0) is 23.4 Å². The number of nitriles is 1. The smallest absolute Gasteiger partial charge is 0.394 e. The van der Waals surface area contributed by atoms with E-state index in [4.69, 9.17) is 25.0 Å². The van der Waals surface area contributed by atoms with Crippen LogP contribution >= 0.6 is 7.75 Å². The average Bonchev–Trinajstić information content (AvgIpc) is 3.12. The van der Waals surface area contributed by atoms with Crippen LogP contribution in [0.5, 0.6) is 0 Å². The van der Waals surface area contributed by atoms with Crippen molar-refractivity contribution in [3.63, 3.8) is 0 Å². The van der Waals surface area contributed by atoms with E-state index in [0.29, 0.717) is 6.42 Å². The number of amides is 2. The third-order valence-electron chi connectivity index (χ3n) is 6.16. The second-order valence-electron chi connectivity index (χ2n) is 9.65. The van der Waals surface area contributed by atoms with E-state index in [1.807, 2.05) is 27.7 Å². The molecular weight excluding hydrogens is 495 g/mol. The van der Waals surface area contributed by atoms with Gasteiger partial charge < -0.3 is 24.8 Å². The van der Waals surface area contributed by atoms with E-state index in [1.54, 1.807) is 0 Å². The largest absolute Gasteiger partial charge is 0.416 e. The zero-order valence-corrected chi connectivity index (χ0v) is 22.3. The van der Waals surface area contributed by atoms with Crippen molar-refractivity contribution in [3.8, 4) is 6.07 Å². The Bertz CT molecular complexity index is 940. The van der Waals surface area contributed by atoms with Gasteiger partial charge in [-0.25, -0.2) is 14.4 Å². The number of hydrogen-bond acceptors (Lipinski definition) is 10. The molecule has 2 amide bonds. The van der Waals surface area contributed by atoms with Gasteiger partial charge in [0.2, 0.25) is 0 Å². The number of Topliss-reactive ketones (excluding diaryl/α,β-unsaturated/α-hetero) is 1. The summed E-state index contributed by atoms with van der Waals surface area (Å²) >= 11 is 0. The predicted molar refractivity (Wildman–Crippen MR) is 127 cm³/mol. The standard InChI is InChI=1S/C21H37N6O8P/c1-13(2)27(20(4,5)8-7-10-22)25-36(31,32)35-16-15(12-28)34-18(17(16)33-6)26-11-9-21(23,14(3)29)24-19(26)30/h9,11,13,15-18,28H,7-8,12,23H2,1-6H3,(H,24,30)(H2,25,31,32)/t15-,16-,17-,18-,21?/m1/s1. The monoisotopic (exact) mass is 532 g/mol. The molecule has 6 N–H and O–H groups in total. The Kier molecular flexibility index (Phi) is 9.80. The highest BCUT2D eigenvalue weighted by molar-refractivity contribution is 7.50. The third-order valence-corrected chi connectivity index (χ3v) is 7.15. The topological polar surface area (TPSA) is 200 Å². The van der Waals surface area contributed by atoms with Crippen LogP contribution in [0.25, 0.3) is 0 Å². The fourth-order valence-electron chi connectivity index (χ4n) is 4.17. The Labute approximate surface area is 210 Å². The second kappa shape index (κ2) is 11.6. The van der Waals surface area contributed by atoms with Crippen LogP contribution in [0.3, 0.4) is 0 Å². The van der Waals surface area contributed by atoms with Crippen molar-refractivity contribution in [1.29, 1.82) is 5.26 Å². The molecule has 0 aromatic carbocycles. The first-order valence-corrected chi connectivity index (χ1v) is 13.0. The number of methoxy groups -OCH3 is 1. The first kappa shape index (κ1) is 30.3. The van der Waals surface area contributed by atoms with Gasteiger partial charge in [0.25, 0.3) is 0 Å². The number of carbonyl (C=O) groups excluding carboxylic acids is 2. The molecule has 2 aliphatic heterocycles. The van der Waals surface area contributed by atoms with Crippen molar-refractivity contribution in [2.75, 3.05) is 13.7 Å². The van der Waals surface area contributed by atoms with Crippen molar-refractivity contribution < 1.29 is 38.2 Å². The summed E-state index contributed by atoms with van der Waals surface area (Å²) in [4.78, 5) is 36.3. The highest BCUT2D eigenvalue weighted by Crippen LogP contribution is 2.45. The van der Waals surface area contributed by atoms with E-state index in [9.17, 15) is 24.2 Å². The number of aliphatic hydroxyl groups is 1. The molecule has 0 radical (unpaired) electrons. The number of carbonyl (C=O) groups is 2. The van der Waals surface area contributed by atoms with Gasteiger partial charge in [0, 0.05) is 31.3 Å². The van der Waals surface area contributed by atoms with E-state index in [-0.39, 0.29) is 12.5 Å². The quantitative estimate of drug-likeness (QED) is 0.170. The molecule has 0 aromatic heterocycles. The molecule has 204 valence electrons. The summed E-state index contributed by atoms with van der Waals surface area (Å²) in [6.07, 6.45) is -1.46. The molecule has 14 nitrogen and oxygen atoms in total. The normalized spacial score (nSPS) is 30.4. The molecule has 2 unspecified atom stereocenters. The van der Waals surface area contributed by atoms with Gasteiger partial charge in [0.05, 0.1) is 12.7 Å². The lowest BCUT2D eigenvalue weighted by molar-refractivity contribution is -0.121. The Balaban J connectivity index is 2.27. The Morgan fingerprint density at radius 2 is 2.14 bits per heavy atom. The molecule has 2 heterocycles. The minimum Gasteiger partial charge on any atom is -0.394 e. The number of ketones is 1. The number of rotatable bonds is 12. The maximum Gasteiger partial charge on any atom is 0.416 e. The molecule has 36 heavy (non-hydrogen) atoms. The van der Waals surface area contributed by atoms with E-state index in [2.05, 4.69) is 16.6 Å². The molecule has 0 spiro atoms. The van der Waals surface area contributed by atoms with Gasteiger partial charge in [-0.05, 0) is 47.1 Å². The zero-order valence-electron chi connectivity index (χ0n) is 21.4. The summed E-state index contributed by atoms with van der Waals surface area (Å²) < 4.78 is 30.0. The van der Waals surface area contributed by atoms with Gasteiger partial charge >= 0.3 is 13.8 Å². The lowest BCUT2D eigenvalue weighted by atomic mass is 9.97. The van der Waals surface area contributed by atoms with Crippen molar-refractivity contribution in [2.24, 2.45) is 5.73 Å². The second-order valence-corrected chi connectivity index (χ2v) is 11.1. The fraction of sp³-hybridized carbons (Fsp3) is 0.762. The highest BCUT2D eigenvalue weighted by atomic mass is 31.2. The van der Waals surface area contributed by atoms with Gasteiger partial charge in [0.15, 0.2) is 17.7 Å². The minimum atomic E-state index is -4.58. The van der Waals surface area contributed by atoms with Crippen LogP contribution in [-0.4, -0.2) is 87.2 Å². The maximum atomic E-state index is 13.2. The number of aliphatic hydroxyl groups excluding tert-OH is 1. The Morgan fingerprint density at radius 1 is 1.50 bits per heavy atom. The fourth-order valence-corrected chi connectivity index (χ4v) is 5.57. The molecular formula is C21H37N6O8P. The zero-order chi connectivity index (χ0) is 27.5. The minimum absolute atomic E-state index is 0.240.